The summed E-state index contributed by atoms with van der Waals surface area (Å²) in [6.45, 7) is 0.420. The number of aliphatic carboxylic acids is 1. The molecule has 2 amide bonds. The molecule has 128 valence electrons. The molecule has 0 spiro atoms. The Balaban J connectivity index is 1.88. The van der Waals surface area contributed by atoms with Gasteiger partial charge in [0.1, 0.15) is 0 Å². The van der Waals surface area contributed by atoms with Crippen molar-refractivity contribution in [3.8, 4) is 5.69 Å². The van der Waals surface area contributed by atoms with Crippen LogP contribution in [0.4, 0.5) is 0 Å². The van der Waals surface area contributed by atoms with Crippen LogP contribution in [0, 0.1) is 0 Å². The van der Waals surface area contributed by atoms with Crippen LogP contribution in [0.25, 0.3) is 11.3 Å². The van der Waals surface area contributed by atoms with E-state index in [0.717, 1.165) is 5.69 Å². The topological polar surface area (TPSA) is 100 Å². The quantitative estimate of drug-likeness (QED) is 0.421. The highest BCUT2D eigenvalue weighted by Gasteiger charge is 2.27. The van der Waals surface area contributed by atoms with Crippen molar-refractivity contribution < 1.29 is 19.5 Å². The fourth-order valence-electron chi connectivity index (χ4n) is 2.64. The van der Waals surface area contributed by atoms with Gasteiger partial charge in [-0.25, -0.2) is 0 Å². The van der Waals surface area contributed by atoms with Gasteiger partial charge in [-0.1, -0.05) is 0 Å². The van der Waals surface area contributed by atoms with Gasteiger partial charge in [0.15, 0.2) is 0 Å². The molecule has 2 aromatic rings. The Bertz CT molecular complexity index is 853. The molecule has 1 aromatic carbocycles. The minimum atomic E-state index is -0.864. The Morgan fingerprint density at radius 3 is 2.64 bits per heavy atom. The molecule has 25 heavy (non-hydrogen) atoms. The first-order chi connectivity index (χ1) is 12.1. The first-order valence-corrected chi connectivity index (χ1v) is 7.85. The fourth-order valence-corrected chi connectivity index (χ4v) is 2.64. The van der Waals surface area contributed by atoms with Crippen LogP contribution in [-0.4, -0.2) is 34.0 Å². The van der Waals surface area contributed by atoms with Crippen LogP contribution in [0.1, 0.15) is 28.8 Å². The van der Waals surface area contributed by atoms with E-state index in [1.165, 1.54) is 6.20 Å². The maximum atomic E-state index is 12.2. The lowest BCUT2D eigenvalue weighted by molar-refractivity contribution is -0.137. The Morgan fingerprint density at radius 1 is 1.16 bits per heavy atom. The third-order valence-electron chi connectivity index (χ3n) is 3.87. The van der Waals surface area contributed by atoms with Crippen LogP contribution in [-0.2, 0) is 9.59 Å². The number of rotatable bonds is 6. The summed E-state index contributed by atoms with van der Waals surface area (Å²) in [5.74, 6) is -1.77. The number of nitrogens with one attached hydrogen (secondary N) is 2. The van der Waals surface area contributed by atoms with Gasteiger partial charge in [0.2, 0.25) is 0 Å². The van der Waals surface area contributed by atoms with E-state index in [0.29, 0.717) is 29.7 Å². The van der Waals surface area contributed by atoms with E-state index in [-0.39, 0.29) is 6.42 Å². The molecule has 3 rings (SSSR count). The normalized spacial score (nSPS) is 15.0. The van der Waals surface area contributed by atoms with E-state index >= 15 is 0 Å². The Kier molecular flexibility index (Phi) is 4.65. The molecular formula is C18H17N3O4. The number of benzene rings is 1. The second-order valence-electron chi connectivity index (χ2n) is 5.61. The summed E-state index contributed by atoms with van der Waals surface area (Å²) in [5.41, 5.74) is 2.15. The molecule has 0 fully saturated rings. The first-order valence-electron chi connectivity index (χ1n) is 7.85. The van der Waals surface area contributed by atoms with Gasteiger partial charge in [0.25, 0.3) is 11.8 Å². The number of hydrogen-bond donors (Lipinski definition) is 3. The lowest BCUT2D eigenvalue weighted by atomic mass is 9.95. The third kappa shape index (κ3) is 3.60. The van der Waals surface area contributed by atoms with Crippen molar-refractivity contribution >= 4 is 23.4 Å². The Labute approximate surface area is 144 Å². The molecule has 7 heteroatoms. The highest BCUT2D eigenvalue weighted by molar-refractivity contribution is 6.31. The van der Waals surface area contributed by atoms with Crippen molar-refractivity contribution in [2.75, 3.05) is 6.54 Å². The number of nitrogens with zero attached hydrogens (tertiary/aromatic N) is 1. The van der Waals surface area contributed by atoms with Gasteiger partial charge < -0.3 is 15.0 Å². The second-order valence-corrected chi connectivity index (χ2v) is 5.61. The molecule has 7 nitrogen and oxygen atoms in total. The molecule has 0 saturated heterocycles. The number of carbonyl (C=O) groups excluding carboxylic acids is 2. The predicted molar refractivity (Wildman–Crippen MR) is 91.1 cm³/mol. The minimum Gasteiger partial charge on any atom is -0.481 e. The van der Waals surface area contributed by atoms with E-state index < -0.39 is 17.8 Å². The van der Waals surface area contributed by atoms with Gasteiger partial charge in [-0.3, -0.25) is 19.7 Å². The van der Waals surface area contributed by atoms with Gasteiger partial charge in [-0.15, -0.1) is 0 Å². The van der Waals surface area contributed by atoms with E-state index in [1.54, 1.807) is 12.1 Å². The fraction of sp³-hybridized carbons (Fsp3) is 0.167. The molecule has 0 bridgehead atoms. The average molecular weight is 339 g/mol. The smallest absolute Gasteiger partial charge is 0.303 e. The van der Waals surface area contributed by atoms with E-state index in [2.05, 4.69) is 10.6 Å². The van der Waals surface area contributed by atoms with Gasteiger partial charge in [0, 0.05) is 48.4 Å². The summed E-state index contributed by atoms with van der Waals surface area (Å²) in [5, 5.41) is 13.9. The number of hydrogen-bond acceptors (Lipinski definition) is 4. The molecule has 1 aromatic heterocycles. The zero-order valence-electron chi connectivity index (χ0n) is 13.4. The lowest BCUT2D eigenvalue weighted by Gasteiger charge is -2.19. The van der Waals surface area contributed by atoms with Crippen LogP contribution in [0.15, 0.2) is 48.9 Å². The molecule has 0 atom stereocenters. The first kappa shape index (κ1) is 16.5. The van der Waals surface area contributed by atoms with Crippen LogP contribution in [0.3, 0.4) is 0 Å². The largest absolute Gasteiger partial charge is 0.481 e. The standard InChI is InChI=1S/C18H17N3O4/c22-16(23)4-3-7-19-11-15-14-10-12(21-8-1-2-9-21)5-6-13(14)17(24)20-18(15)25/h1-2,5-6,8-11,19H,3-4,7H2,(H,22,23)(H,20,24,25). The van der Waals surface area contributed by atoms with Crippen molar-refractivity contribution in [1.82, 2.24) is 15.2 Å². The van der Waals surface area contributed by atoms with Crippen LogP contribution in [0.5, 0.6) is 0 Å². The number of imide groups is 1. The van der Waals surface area contributed by atoms with Crippen LogP contribution >= 0.6 is 0 Å². The minimum absolute atomic E-state index is 0.0508. The van der Waals surface area contributed by atoms with Gasteiger partial charge in [0.05, 0.1) is 5.57 Å². The maximum absolute atomic E-state index is 12.2. The summed E-state index contributed by atoms with van der Waals surface area (Å²) in [6, 6.07) is 9.06. The summed E-state index contributed by atoms with van der Waals surface area (Å²) in [7, 11) is 0. The summed E-state index contributed by atoms with van der Waals surface area (Å²) in [6.07, 6.45) is 5.77. The summed E-state index contributed by atoms with van der Waals surface area (Å²) >= 11 is 0. The van der Waals surface area contributed by atoms with Gasteiger partial charge in [-0.05, 0) is 36.8 Å². The van der Waals surface area contributed by atoms with Crippen molar-refractivity contribution in [1.29, 1.82) is 0 Å². The van der Waals surface area contributed by atoms with E-state index in [4.69, 9.17) is 5.11 Å². The SMILES string of the molecule is O=C(O)CCCNC=C1C(=O)NC(=O)c2ccc(-n3cccc3)cc21. The molecule has 3 N–H and O–H groups in total. The zero-order chi connectivity index (χ0) is 17.8. The van der Waals surface area contributed by atoms with E-state index in [9.17, 15) is 14.4 Å². The highest BCUT2D eigenvalue weighted by Crippen LogP contribution is 2.26. The molecule has 0 radical (unpaired) electrons. The third-order valence-corrected chi connectivity index (χ3v) is 3.87. The summed E-state index contributed by atoms with van der Waals surface area (Å²) < 4.78 is 1.88. The zero-order valence-corrected chi connectivity index (χ0v) is 13.4. The monoisotopic (exact) mass is 339 g/mol. The number of carboxylic acid groups (broad SMARTS) is 1. The van der Waals surface area contributed by atoms with Gasteiger partial charge in [-0.2, -0.15) is 0 Å². The predicted octanol–water partition coefficient (Wildman–Crippen LogP) is 1.54. The molecule has 0 unspecified atom stereocenters. The number of fused-ring (bicyclic) bond motifs is 1. The van der Waals surface area contributed by atoms with Crippen LogP contribution < -0.4 is 10.6 Å². The van der Waals surface area contributed by atoms with Crippen molar-refractivity contribution in [3.05, 3.63) is 60.1 Å². The van der Waals surface area contributed by atoms with Crippen molar-refractivity contribution in [2.24, 2.45) is 0 Å². The molecule has 1 aliphatic heterocycles. The average Bonchev–Trinajstić information content (AvgIpc) is 3.11. The number of carboxylic acids is 1. The van der Waals surface area contributed by atoms with Crippen molar-refractivity contribution in [3.63, 3.8) is 0 Å². The molecule has 0 aliphatic carbocycles. The van der Waals surface area contributed by atoms with E-state index in [1.807, 2.05) is 35.2 Å². The Morgan fingerprint density at radius 2 is 1.92 bits per heavy atom. The summed E-state index contributed by atoms with van der Waals surface area (Å²) in [4.78, 5) is 34.8. The molecule has 0 saturated carbocycles. The Hall–Kier alpha value is -3.35. The number of aromatic nitrogens is 1. The highest BCUT2D eigenvalue weighted by atomic mass is 16.4. The molecule has 2 heterocycles. The number of carbonyl (C=O) groups is 3. The van der Waals surface area contributed by atoms with Gasteiger partial charge >= 0.3 is 5.97 Å². The second kappa shape index (κ2) is 7.04. The number of amides is 2. The molecular weight excluding hydrogens is 322 g/mol. The molecule has 1 aliphatic rings. The van der Waals surface area contributed by atoms with Crippen LogP contribution in [0.2, 0.25) is 0 Å². The van der Waals surface area contributed by atoms with Crippen molar-refractivity contribution in [2.45, 2.75) is 12.8 Å². The lowest BCUT2D eigenvalue weighted by Crippen LogP contribution is -2.37. The maximum Gasteiger partial charge on any atom is 0.303 e.